The number of benzene rings is 2. The molecule has 3 amide bonds. The van der Waals surface area contributed by atoms with E-state index in [0.717, 1.165) is 24.8 Å². The molecule has 0 radical (unpaired) electrons. The largest absolute Gasteiger partial charge is 0.508 e. The number of hydrogen-bond donors (Lipinski definition) is 4. The zero-order valence-corrected chi connectivity index (χ0v) is 22.8. The molecule has 37 heavy (non-hydrogen) atoms. The van der Waals surface area contributed by atoms with E-state index in [4.69, 9.17) is 4.74 Å². The van der Waals surface area contributed by atoms with Crippen LogP contribution < -0.4 is 10.6 Å². The number of ether oxygens (including phenoxy) is 1. The van der Waals surface area contributed by atoms with Crippen molar-refractivity contribution in [2.24, 2.45) is 0 Å². The minimum Gasteiger partial charge on any atom is -0.508 e. The second-order valence-corrected chi connectivity index (χ2v) is 10.7. The first-order chi connectivity index (χ1) is 17.5. The molecule has 200 valence electrons. The van der Waals surface area contributed by atoms with Crippen LogP contribution in [0.4, 0.5) is 4.79 Å². The van der Waals surface area contributed by atoms with E-state index in [0.29, 0.717) is 17.7 Å². The molecule has 0 aromatic heterocycles. The van der Waals surface area contributed by atoms with E-state index < -0.39 is 29.7 Å². The number of phenols is 1. The number of rotatable bonds is 9. The summed E-state index contributed by atoms with van der Waals surface area (Å²) in [5.74, 6) is -0.608. The number of aromatic hydroxyl groups is 1. The fourth-order valence-electron chi connectivity index (χ4n) is 4.17. The predicted octanol–water partition coefficient (Wildman–Crippen LogP) is 4.26. The molecule has 8 nitrogen and oxygen atoms in total. The Bertz CT molecular complexity index is 1100. The van der Waals surface area contributed by atoms with Gasteiger partial charge in [-0.1, -0.05) is 36.4 Å². The summed E-state index contributed by atoms with van der Waals surface area (Å²) in [6, 6.07) is 12.3. The van der Waals surface area contributed by atoms with Crippen molar-refractivity contribution in [2.75, 3.05) is 5.75 Å². The number of carbonyl (C=O) groups excluding carboxylic acids is 3. The summed E-state index contributed by atoms with van der Waals surface area (Å²) in [5.41, 5.74) is 1.37. The summed E-state index contributed by atoms with van der Waals surface area (Å²) < 4.78 is 5.35. The van der Waals surface area contributed by atoms with Crippen molar-refractivity contribution < 1.29 is 24.2 Å². The SMILES string of the molecule is Cc1cc(C(C(=O)NCc2ccccc2)N(C(=O)C(CS)NC(=O)OC(C)(C)C)C2CCC2)ccc1O. The Morgan fingerprint density at radius 2 is 1.81 bits per heavy atom. The number of aryl methyl sites for hydroxylation is 1. The molecule has 0 bridgehead atoms. The smallest absolute Gasteiger partial charge is 0.408 e. The molecule has 3 rings (SSSR count). The lowest BCUT2D eigenvalue weighted by molar-refractivity contribution is -0.147. The van der Waals surface area contributed by atoms with Crippen molar-refractivity contribution >= 4 is 30.5 Å². The molecule has 1 fully saturated rings. The average Bonchev–Trinajstić information content (AvgIpc) is 2.81. The van der Waals surface area contributed by atoms with Gasteiger partial charge in [-0.3, -0.25) is 9.59 Å². The standard InChI is InChI=1S/C28H37N3O5S/c1-18-15-20(13-14-23(18)32)24(25(33)29-16-19-9-6-5-7-10-19)31(21-11-8-12-21)26(34)22(17-37)30-27(35)36-28(2,3)4/h5-7,9-10,13-15,21-22,24,32,37H,8,11-12,16-17H2,1-4H3,(H,29,33)(H,30,35). The second-order valence-electron chi connectivity index (χ2n) is 10.4. The highest BCUT2D eigenvalue weighted by atomic mass is 32.1. The second kappa shape index (κ2) is 12.4. The van der Waals surface area contributed by atoms with Crippen molar-refractivity contribution in [1.29, 1.82) is 0 Å². The molecule has 1 aliphatic carbocycles. The summed E-state index contributed by atoms with van der Waals surface area (Å²) in [4.78, 5) is 41.7. The van der Waals surface area contributed by atoms with Gasteiger partial charge >= 0.3 is 6.09 Å². The molecular weight excluding hydrogens is 490 g/mol. The summed E-state index contributed by atoms with van der Waals surface area (Å²) >= 11 is 4.33. The van der Waals surface area contributed by atoms with Gasteiger partial charge in [-0.25, -0.2) is 4.79 Å². The molecule has 2 atom stereocenters. The minimum atomic E-state index is -0.985. The normalized spacial score (nSPS) is 15.2. The number of thiol groups is 1. The number of nitrogens with one attached hydrogen (secondary N) is 2. The van der Waals surface area contributed by atoms with Gasteiger partial charge in [-0.2, -0.15) is 12.6 Å². The third-order valence-corrected chi connectivity index (χ3v) is 6.63. The number of hydrogen-bond acceptors (Lipinski definition) is 6. The molecule has 1 aliphatic rings. The van der Waals surface area contributed by atoms with E-state index in [1.165, 1.54) is 6.07 Å². The minimum absolute atomic E-state index is 0.0360. The van der Waals surface area contributed by atoms with Crippen LogP contribution in [0.5, 0.6) is 5.75 Å². The maximum Gasteiger partial charge on any atom is 0.408 e. The monoisotopic (exact) mass is 527 g/mol. The van der Waals surface area contributed by atoms with E-state index in [9.17, 15) is 19.5 Å². The highest BCUT2D eigenvalue weighted by Crippen LogP contribution is 2.35. The Kier molecular flexibility index (Phi) is 9.48. The first kappa shape index (κ1) is 28.4. The Morgan fingerprint density at radius 3 is 2.35 bits per heavy atom. The van der Waals surface area contributed by atoms with Crippen LogP contribution in [0, 0.1) is 6.92 Å². The van der Waals surface area contributed by atoms with E-state index in [1.807, 2.05) is 30.3 Å². The Morgan fingerprint density at radius 1 is 1.14 bits per heavy atom. The maximum atomic E-state index is 13.9. The third kappa shape index (κ3) is 7.64. The van der Waals surface area contributed by atoms with Crippen LogP contribution in [0.25, 0.3) is 0 Å². The van der Waals surface area contributed by atoms with Gasteiger partial charge in [0, 0.05) is 18.3 Å². The highest BCUT2D eigenvalue weighted by Gasteiger charge is 2.41. The average molecular weight is 528 g/mol. The molecule has 0 aliphatic heterocycles. The summed E-state index contributed by atoms with van der Waals surface area (Å²) in [7, 11) is 0. The topological polar surface area (TPSA) is 108 Å². The molecule has 0 spiro atoms. The van der Waals surface area contributed by atoms with Gasteiger partial charge in [0.15, 0.2) is 0 Å². The predicted molar refractivity (Wildman–Crippen MR) is 145 cm³/mol. The Balaban J connectivity index is 1.94. The number of carbonyl (C=O) groups is 3. The van der Waals surface area contributed by atoms with Gasteiger partial charge in [0.05, 0.1) is 0 Å². The van der Waals surface area contributed by atoms with Crippen molar-refractivity contribution in [3.63, 3.8) is 0 Å². The molecule has 1 saturated carbocycles. The van der Waals surface area contributed by atoms with Gasteiger partial charge in [0.25, 0.3) is 0 Å². The summed E-state index contributed by atoms with van der Waals surface area (Å²) in [6.07, 6.45) is 1.71. The van der Waals surface area contributed by atoms with Gasteiger partial charge in [0.2, 0.25) is 11.8 Å². The summed E-state index contributed by atoms with van der Waals surface area (Å²) in [5, 5.41) is 15.7. The van der Waals surface area contributed by atoms with E-state index in [-0.39, 0.29) is 23.5 Å². The highest BCUT2D eigenvalue weighted by molar-refractivity contribution is 7.80. The fourth-order valence-corrected chi connectivity index (χ4v) is 4.41. The maximum absolute atomic E-state index is 13.9. The van der Waals surface area contributed by atoms with Crippen LogP contribution in [0.2, 0.25) is 0 Å². The van der Waals surface area contributed by atoms with Crippen LogP contribution in [0.15, 0.2) is 48.5 Å². The Hall–Kier alpha value is -3.20. The van der Waals surface area contributed by atoms with Crippen LogP contribution in [0.3, 0.4) is 0 Å². The number of amides is 3. The first-order valence-corrected chi connectivity index (χ1v) is 13.2. The molecule has 2 unspecified atom stereocenters. The molecule has 0 saturated heterocycles. The first-order valence-electron chi connectivity index (χ1n) is 12.5. The van der Waals surface area contributed by atoms with Gasteiger partial charge in [0.1, 0.15) is 23.4 Å². The Labute approximate surface area is 224 Å². The van der Waals surface area contributed by atoms with Crippen LogP contribution in [-0.2, 0) is 20.9 Å². The fraction of sp³-hybridized carbons (Fsp3) is 0.464. The van der Waals surface area contributed by atoms with Crippen molar-refractivity contribution in [2.45, 2.75) is 77.2 Å². The van der Waals surface area contributed by atoms with Crippen molar-refractivity contribution in [3.8, 4) is 5.75 Å². The molecule has 9 heteroatoms. The van der Waals surface area contributed by atoms with Gasteiger partial charge in [-0.15, -0.1) is 0 Å². The van der Waals surface area contributed by atoms with E-state index >= 15 is 0 Å². The third-order valence-electron chi connectivity index (χ3n) is 6.27. The lowest BCUT2D eigenvalue weighted by atomic mass is 9.88. The van der Waals surface area contributed by atoms with Crippen molar-refractivity contribution in [3.05, 3.63) is 65.2 Å². The van der Waals surface area contributed by atoms with Crippen molar-refractivity contribution in [1.82, 2.24) is 15.5 Å². The number of nitrogens with zero attached hydrogens (tertiary/aromatic N) is 1. The van der Waals surface area contributed by atoms with E-state index in [2.05, 4.69) is 23.3 Å². The molecule has 3 N–H and O–H groups in total. The van der Waals surface area contributed by atoms with Crippen LogP contribution >= 0.6 is 12.6 Å². The lowest BCUT2D eigenvalue weighted by Crippen LogP contribution is -2.58. The zero-order chi connectivity index (χ0) is 27.2. The van der Waals surface area contributed by atoms with E-state index in [1.54, 1.807) is 44.7 Å². The molecule has 0 heterocycles. The number of phenolic OH excluding ortho intramolecular Hbond substituents is 1. The van der Waals surface area contributed by atoms with Gasteiger partial charge < -0.3 is 25.4 Å². The molecular formula is C28H37N3O5S. The van der Waals surface area contributed by atoms with Crippen LogP contribution in [-0.4, -0.2) is 51.4 Å². The summed E-state index contributed by atoms with van der Waals surface area (Å²) in [6.45, 7) is 7.26. The molecule has 2 aromatic carbocycles. The van der Waals surface area contributed by atoms with Gasteiger partial charge in [-0.05, 0) is 75.8 Å². The van der Waals surface area contributed by atoms with Crippen LogP contribution in [0.1, 0.15) is 62.8 Å². The molecule has 2 aromatic rings. The lowest BCUT2D eigenvalue weighted by Gasteiger charge is -2.43. The quantitative estimate of drug-likeness (QED) is 0.365. The number of alkyl carbamates (subject to hydrolysis) is 1. The zero-order valence-electron chi connectivity index (χ0n) is 21.9.